The van der Waals surface area contributed by atoms with E-state index in [0.717, 1.165) is 17.7 Å². The van der Waals surface area contributed by atoms with Gasteiger partial charge in [0.25, 0.3) is 0 Å². The van der Waals surface area contributed by atoms with Gasteiger partial charge in [-0.05, 0) is 24.0 Å². The minimum absolute atomic E-state index is 0.263. The van der Waals surface area contributed by atoms with Crippen LogP contribution in [-0.2, 0) is 11.2 Å². The van der Waals surface area contributed by atoms with Gasteiger partial charge in [-0.1, -0.05) is 25.1 Å². The number of carboxylic acids is 1. The largest absolute Gasteiger partial charge is 0.480 e. The van der Waals surface area contributed by atoms with Gasteiger partial charge >= 0.3 is 12.0 Å². The van der Waals surface area contributed by atoms with Crippen LogP contribution in [0.3, 0.4) is 0 Å². The third kappa shape index (κ3) is 2.86. The van der Waals surface area contributed by atoms with Crippen molar-refractivity contribution < 1.29 is 14.7 Å². The highest BCUT2D eigenvalue weighted by molar-refractivity contribution is 5.94. The predicted octanol–water partition coefficient (Wildman–Crippen LogP) is 1.82. The van der Waals surface area contributed by atoms with Crippen molar-refractivity contribution in [1.29, 1.82) is 0 Å². The van der Waals surface area contributed by atoms with Crippen LogP contribution in [0.1, 0.15) is 12.5 Å². The van der Waals surface area contributed by atoms with Crippen LogP contribution in [0, 0.1) is 5.92 Å². The first kappa shape index (κ1) is 13.4. The van der Waals surface area contributed by atoms with E-state index in [1.54, 1.807) is 4.90 Å². The summed E-state index contributed by atoms with van der Waals surface area (Å²) in [5, 5.41) is 8.77. The van der Waals surface area contributed by atoms with Crippen LogP contribution in [0.15, 0.2) is 24.3 Å². The van der Waals surface area contributed by atoms with Crippen LogP contribution in [0.25, 0.3) is 0 Å². The van der Waals surface area contributed by atoms with Crippen molar-refractivity contribution in [2.45, 2.75) is 13.3 Å². The molecule has 0 aliphatic carbocycles. The predicted molar refractivity (Wildman–Crippen MR) is 72.3 cm³/mol. The van der Waals surface area contributed by atoms with Crippen molar-refractivity contribution in [3.63, 3.8) is 0 Å². The maximum absolute atomic E-state index is 12.3. The second-order valence-electron chi connectivity index (χ2n) is 5.08. The molecule has 0 saturated heterocycles. The van der Waals surface area contributed by atoms with Crippen molar-refractivity contribution in [2.75, 3.05) is 25.0 Å². The number of para-hydroxylation sites is 1. The SMILES string of the molecule is CC1Cc2ccccc2N(C(=O)N(C)CC(=O)O)C1. The molecular weight excluding hydrogens is 244 g/mol. The number of nitrogens with zero attached hydrogens (tertiary/aromatic N) is 2. The van der Waals surface area contributed by atoms with E-state index >= 15 is 0 Å². The molecule has 2 amide bonds. The summed E-state index contributed by atoms with van der Waals surface area (Å²) >= 11 is 0. The molecular formula is C14H18N2O3. The summed E-state index contributed by atoms with van der Waals surface area (Å²) in [6, 6.07) is 7.52. The molecule has 0 fully saturated rings. The van der Waals surface area contributed by atoms with Crippen molar-refractivity contribution in [3.8, 4) is 0 Å². The lowest BCUT2D eigenvalue weighted by Gasteiger charge is -2.35. The first-order valence-electron chi connectivity index (χ1n) is 6.31. The Labute approximate surface area is 112 Å². The minimum atomic E-state index is -1.01. The number of likely N-dealkylation sites (N-methyl/N-ethyl adjacent to an activating group) is 1. The van der Waals surface area contributed by atoms with E-state index in [0.29, 0.717) is 12.5 Å². The highest BCUT2D eigenvalue weighted by atomic mass is 16.4. The molecule has 1 N–H and O–H groups in total. The summed E-state index contributed by atoms with van der Waals surface area (Å²) in [7, 11) is 1.51. The monoisotopic (exact) mass is 262 g/mol. The van der Waals surface area contributed by atoms with Gasteiger partial charge < -0.3 is 10.0 Å². The van der Waals surface area contributed by atoms with Crippen LogP contribution in [0.4, 0.5) is 10.5 Å². The van der Waals surface area contributed by atoms with E-state index in [4.69, 9.17) is 5.11 Å². The zero-order valence-electron chi connectivity index (χ0n) is 11.2. The first-order valence-corrected chi connectivity index (χ1v) is 6.31. The fraction of sp³-hybridized carbons (Fsp3) is 0.429. The van der Waals surface area contributed by atoms with E-state index in [-0.39, 0.29) is 12.6 Å². The number of benzene rings is 1. The molecule has 0 radical (unpaired) electrons. The molecule has 5 nitrogen and oxygen atoms in total. The minimum Gasteiger partial charge on any atom is -0.480 e. The Morgan fingerprint density at radius 1 is 1.42 bits per heavy atom. The molecule has 0 aromatic heterocycles. The van der Waals surface area contributed by atoms with Crippen LogP contribution in [-0.4, -0.2) is 42.1 Å². The van der Waals surface area contributed by atoms with Crippen LogP contribution < -0.4 is 4.90 Å². The van der Waals surface area contributed by atoms with Gasteiger partial charge in [0.2, 0.25) is 0 Å². The molecule has 1 heterocycles. The summed E-state index contributed by atoms with van der Waals surface area (Å²) in [6.45, 7) is 2.43. The number of aliphatic carboxylic acids is 1. The molecule has 1 aromatic carbocycles. The molecule has 0 spiro atoms. The average Bonchev–Trinajstić information content (AvgIpc) is 2.36. The molecule has 1 aliphatic rings. The van der Waals surface area contributed by atoms with Gasteiger partial charge in [-0.15, -0.1) is 0 Å². The van der Waals surface area contributed by atoms with E-state index in [2.05, 4.69) is 6.92 Å². The van der Waals surface area contributed by atoms with Crippen LogP contribution >= 0.6 is 0 Å². The number of fused-ring (bicyclic) bond motifs is 1. The van der Waals surface area contributed by atoms with Crippen LogP contribution in [0.2, 0.25) is 0 Å². The molecule has 1 atom stereocenters. The summed E-state index contributed by atoms with van der Waals surface area (Å²) in [5.74, 6) is -0.633. The molecule has 1 unspecified atom stereocenters. The molecule has 0 bridgehead atoms. The Bertz CT molecular complexity index is 501. The number of carbonyl (C=O) groups excluding carboxylic acids is 1. The Morgan fingerprint density at radius 2 is 2.11 bits per heavy atom. The lowest BCUT2D eigenvalue weighted by Crippen LogP contribution is -2.47. The average molecular weight is 262 g/mol. The Hall–Kier alpha value is -2.04. The molecule has 1 aliphatic heterocycles. The van der Waals surface area contributed by atoms with Gasteiger partial charge in [0.05, 0.1) is 0 Å². The normalized spacial score (nSPS) is 17.8. The number of carboxylic acid groups (broad SMARTS) is 1. The van der Waals surface area contributed by atoms with Gasteiger partial charge in [-0.2, -0.15) is 0 Å². The lowest BCUT2D eigenvalue weighted by molar-refractivity contribution is -0.137. The Kier molecular flexibility index (Phi) is 3.74. The molecule has 5 heteroatoms. The fourth-order valence-electron chi connectivity index (χ4n) is 2.45. The zero-order valence-corrected chi connectivity index (χ0v) is 11.2. The van der Waals surface area contributed by atoms with Crippen molar-refractivity contribution in [2.24, 2.45) is 5.92 Å². The quantitative estimate of drug-likeness (QED) is 0.884. The van der Waals surface area contributed by atoms with E-state index < -0.39 is 5.97 Å². The second kappa shape index (κ2) is 5.30. The molecule has 1 aromatic rings. The van der Waals surface area contributed by atoms with Crippen molar-refractivity contribution in [3.05, 3.63) is 29.8 Å². The third-order valence-corrected chi connectivity index (χ3v) is 3.27. The first-order chi connectivity index (χ1) is 8.99. The van der Waals surface area contributed by atoms with E-state index in [1.807, 2.05) is 24.3 Å². The maximum Gasteiger partial charge on any atom is 0.324 e. The number of carbonyl (C=O) groups is 2. The summed E-state index contributed by atoms with van der Waals surface area (Å²) in [5.41, 5.74) is 2.03. The lowest BCUT2D eigenvalue weighted by atomic mass is 9.94. The summed E-state index contributed by atoms with van der Waals surface area (Å²) in [4.78, 5) is 25.9. The number of hydrogen-bond acceptors (Lipinski definition) is 2. The maximum atomic E-state index is 12.3. The van der Waals surface area contributed by atoms with Gasteiger partial charge in [-0.25, -0.2) is 4.79 Å². The summed E-state index contributed by atoms with van der Waals surface area (Å²) < 4.78 is 0. The van der Waals surface area contributed by atoms with Gasteiger partial charge in [-0.3, -0.25) is 9.69 Å². The van der Waals surface area contributed by atoms with Gasteiger partial charge in [0.15, 0.2) is 0 Å². The molecule has 0 saturated carbocycles. The molecule has 19 heavy (non-hydrogen) atoms. The highest BCUT2D eigenvalue weighted by Crippen LogP contribution is 2.29. The smallest absolute Gasteiger partial charge is 0.324 e. The molecule has 102 valence electrons. The Balaban J connectivity index is 2.25. The van der Waals surface area contributed by atoms with Crippen molar-refractivity contribution >= 4 is 17.7 Å². The second-order valence-corrected chi connectivity index (χ2v) is 5.08. The number of anilines is 1. The van der Waals surface area contributed by atoms with Crippen LogP contribution in [0.5, 0.6) is 0 Å². The highest BCUT2D eigenvalue weighted by Gasteiger charge is 2.28. The van der Waals surface area contributed by atoms with E-state index in [1.165, 1.54) is 11.9 Å². The molecule has 2 rings (SSSR count). The van der Waals surface area contributed by atoms with Gasteiger partial charge in [0, 0.05) is 19.3 Å². The summed E-state index contributed by atoms with van der Waals surface area (Å²) in [6.07, 6.45) is 0.947. The number of urea groups is 1. The zero-order chi connectivity index (χ0) is 14.0. The Morgan fingerprint density at radius 3 is 2.79 bits per heavy atom. The fourth-order valence-corrected chi connectivity index (χ4v) is 2.45. The number of hydrogen-bond donors (Lipinski definition) is 1. The topological polar surface area (TPSA) is 60.9 Å². The van der Waals surface area contributed by atoms with E-state index in [9.17, 15) is 9.59 Å². The standard InChI is InChI=1S/C14H18N2O3/c1-10-7-11-5-3-4-6-12(11)16(8-10)14(19)15(2)9-13(17)18/h3-6,10H,7-9H2,1-2H3,(H,17,18). The number of rotatable bonds is 2. The third-order valence-electron chi connectivity index (χ3n) is 3.27. The van der Waals surface area contributed by atoms with Gasteiger partial charge in [0.1, 0.15) is 6.54 Å². The van der Waals surface area contributed by atoms with Crippen molar-refractivity contribution in [1.82, 2.24) is 4.90 Å². The number of amides is 2.